The Labute approximate surface area is 103 Å². The monoisotopic (exact) mass is 241 g/mol. The maximum Gasteiger partial charge on any atom is 0.0698 e. The molecule has 5 nitrogen and oxygen atoms in total. The second-order valence-corrected chi connectivity index (χ2v) is 4.09. The molecule has 1 heterocycles. The zero-order valence-electron chi connectivity index (χ0n) is 10.8. The summed E-state index contributed by atoms with van der Waals surface area (Å²) in [7, 11) is 0. The fraction of sp³-hybridized carbons (Fsp3) is 0.750. The highest BCUT2D eigenvalue weighted by Gasteiger charge is 1.99. The predicted octanol–water partition coefficient (Wildman–Crippen LogP) is 0.489. The van der Waals surface area contributed by atoms with Crippen LogP contribution in [0.4, 0.5) is 0 Å². The first-order valence-electron chi connectivity index (χ1n) is 6.14. The van der Waals surface area contributed by atoms with Gasteiger partial charge in [0.1, 0.15) is 0 Å². The Morgan fingerprint density at radius 2 is 2.18 bits per heavy atom. The van der Waals surface area contributed by atoms with Gasteiger partial charge in [0, 0.05) is 18.8 Å². The number of nitrogens with one attached hydrogen (secondary N) is 1. The van der Waals surface area contributed by atoms with E-state index in [0.29, 0.717) is 13.2 Å². The molecule has 0 aliphatic carbocycles. The number of rotatable bonds is 9. The summed E-state index contributed by atoms with van der Waals surface area (Å²) in [6.45, 7) is 8.00. The van der Waals surface area contributed by atoms with E-state index in [-0.39, 0.29) is 6.61 Å². The Balaban J connectivity index is 1.99. The van der Waals surface area contributed by atoms with Crippen LogP contribution in [0, 0.1) is 13.8 Å². The minimum Gasteiger partial charge on any atom is -0.394 e. The van der Waals surface area contributed by atoms with Gasteiger partial charge in [0.25, 0.3) is 0 Å². The minimum absolute atomic E-state index is 0.0952. The van der Waals surface area contributed by atoms with Gasteiger partial charge in [-0.1, -0.05) is 0 Å². The highest BCUT2D eigenvalue weighted by molar-refractivity contribution is 5.06. The summed E-state index contributed by atoms with van der Waals surface area (Å²) >= 11 is 0. The van der Waals surface area contributed by atoms with Crippen LogP contribution in [0.1, 0.15) is 17.8 Å². The topological polar surface area (TPSA) is 59.3 Å². The van der Waals surface area contributed by atoms with Gasteiger partial charge < -0.3 is 15.2 Å². The van der Waals surface area contributed by atoms with E-state index in [4.69, 9.17) is 9.84 Å². The molecular formula is C12H23N3O2. The van der Waals surface area contributed by atoms with Crippen molar-refractivity contribution in [2.75, 3.05) is 32.9 Å². The van der Waals surface area contributed by atoms with Crippen LogP contribution in [-0.2, 0) is 11.3 Å². The van der Waals surface area contributed by atoms with Gasteiger partial charge in [0.2, 0.25) is 0 Å². The summed E-state index contributed by atoms with van der Waals surface area (Å²) in [5.41, 5.74) is 2.29. The number of ether oxygens (including phenoxy) is 1. The van der Waals surface area contributed by atoms with E-state index in [1.807, 2.05) is 11.6 Å². The minimum atomic E-state index is 0.0952. The number of aliphatic hydroxyl groups excluding tert-OH is 1. The van der Waals surface area contributed by atoms with Crippen LogP contribution in [0.2, 0.25) is 0 Å². The fourth-order valence-electron chi connectivity index (χ4n) is 1.69. The zero-order chi connectivity index (χ0) is 12.5. The van der Waals surface area contributed by atoms with Gasteiger partial charge >= 0.3 is 0 Å². The zero-order valence-corrected chi connectivity index (χ0v) is 10.8. The third-order valence-corrected chi connectivity index (χ3v) is 2.49. The second-order valence-electron chi connectivity index (χ2n) is 4.09. The molecule has 2 N–H and O–H groups in total. The molecule has 0 fully saturated rings. The van der Waals surface area contributed by atoms with Crippen LogP contribution in [0.15, 0.2) is 6.07 Å². The van der Waals surface area contributed by atoms with Crippen LogP contribution in [0.5, 0.6) is 0 Å². The van der Waals surface area contributed by atoms with Crippen LogP contribution in [0.25, 0.3) is 0 Å². The van der Waals surface area contributed by atoms with Crippen molar-refractivity contribution in [2.24, 2.45) is 0 Å². The SMILES string of the molecule is Cc1cc(C)n(CCCNCCOCCO)n1. The molecule has 98 valence electrons. The Hall–Kier alpha value is -0.910. The quantitative estimate of drug-likeness (QED) is 0.618. The van der Waals surface area contributed by atoms with Gasteiger partial charge in [0.05, 0.1) is 25.5 Å². The molecule has 17 heavy (non-hydrogen) atoms. The van der Waals surface area contributed by atoms with Gasteiger partial charge in [-0.05, 0) is 32.9 Å². The lowest BCUT2D eigenvalue weighted by atomic mass is 10.4. The van der Waals surface area contributed by atoms with E-state index in [0.717, 1.165) is 31.7 Å². The molecular weight excluding hydrogens is 218 g/mol. The summed E-state index contributed by atoms with van der Waals surface area (Å²) in [4.78, 5) is 0. The Morgan fingerprint density at radius 3 is 2.82 bits per heavy atom. The molecule has 0 unspecified atom stereocenters. The Kier molecular flexibility index (Phi) is 6.84. The van der Waals surface area contributed by atoms with Crippen LogP contribution in [-0.4, -0.2) is 47.8 Å². The molecule has 0 bridgehead atoms. The van der Waals surface area contributed by atoms with Gasteiger partial charge in [0.15, 0.2) is 0 Å². The van der Waals surface area contributed by atoms with Crippen molar-refractivity contribution in [2.45, 2.75) is 26.8 Å². The van der Waals surface area contributed by atoms with E-state index < -0.39 is 0 Å². The lowest BCUT2D eigenvalue weighted by Gasteiger charge is -2.06. The molecule has 0 spiro atoms. The largest absolute Gasteiger partial charge is 0.394 e. The predicted molar refractivity (Wildman–Crippen MR) is 67.1 cm³/mol. The molecule has 0 aliphatic rings. The van der Waals surface area contributed by atoms with Crippen LogP contribution < -0.4 is 5.32 Å². The van der Waals surface area contributed by atoms with Crippen molar-refractivity contribution in [1.82, 2.24) is 15.1 Å². The van der Waals surface area contributed by atoms with Crippen LogP contribution in [0.3, 0.4) is 0 Å². The van der Waals surface area contributed by atoms with Gasteiger partial charge in [-0.15, -0.1) is 0 Å². The number of aliphatic hydroxyl groups is 1. The summed E-state index contributed by atoms with van der Waals surface area (Å²) in [6, 6.07) is 2.09. The third kappa shape index (κ3) is 5.81. The van der Waals surface area contributed by atoms with Crippen molar-refractivity contribution in [1.29, 1.82) is 0 Å². The highest BCUT2D eigenvalue weighted by atomic mass is 16.5. The van der Waals surface area contributed by atoms with Crippen molar-refractivity contribution < 1.29 is 9.84 Å². The third-order valence-electron chi connectivity index (χ3n) is 2.49. The maximum absolute atomic E-state index is 8.51. The van der Waals surface area contributed by atoms with E-state index >= 15 is 0 Å². The second kappa shape index (κ2) is 8.22. The maximum atomic E-state index is 8.51. The van der Waals surface area contributed by atoms with Crippen molar-refractivity contribution >= 4 is 0 Å². The first kappa shape index (κ1) is 14.2. The number of nitrogens with zero attached hydrogens (tertiary/aromatic N) is 2. The average Bonchev–Trinajstić information content (AvgIpc) is 2.61. The molecule has 0 aliphatic heterocycles. The van der Waals surface area contributed by atoms with Crippen molar-refractivity contribution in [3.8, 4) is 0 Å². The van der Waals surface area contributed by atoms with E-state index in [1.54, 1.807) is 0 Å². The molecule has 0 saturated heterocycles. The molecule has 0 aromatic carbocycles. The number of aromatic nitrogens is 2. The lowest BCUT2D eigenvalue weighted by molar-refractivity contribution is 0.0939. The molecule has 1 rings (SSSR count). The molecule has 0 atom stereocenters. The molecule has 5 heteroatoms. The highest BCUT2D eigenvalue weighted by Crippen LogP contribution is 2.01. The summed E-state index contributed by atoms with van der Waals surface area (Å²) in [5.74, 6) is 0. The van der Waals surface area contributed by atoms with Crippen molar-refractivity contribution in [3.05, 3.63) is 17.5 Å². The fourth-order valence-corrected chi connectivity index (χ4v) is 1.69. The summed E-state index contributed by atoms with van der Waals surface area (Å²) in [6.07, 6.45) is 1.06. The van der Waals surface area contributed by atoms with Crippen LogP contribution >= 0.6 is 0 Å². The number of hydrogen-bond acceptors (Lipinski definition) is 4. The molecule has 1 aromatic rings. The van der Waals surface area contributed by atoms with E-state index in [1.165, 1.54) is 5.69 Å². The lowest BCUT2D eigenvalue weighted by Crippen LogP contribution is -2.22. The molecule has 0 amide bonds. The van der Waals surface area contributed by atoms with Crippen molar-refractivity contribution in [3.63, 3.8) is 0 Å². The number of aryl methyl sites for hydroxylation is 3. The van der Waals surface area contributed by atoms with E-state index in [9.17, 15) is 0 Å². The Bertz CT molecular complexity index is 313. The first-order chi connectivity index (χ1) is 8.24. The number of hydrogen-bond donors (Lipinski definition) is 2. The molecule has 1 aromatic heterocycles. The normalized spacial score (nSPS) is 11.0. The van der Waals surface area contributed by atoms with Gasteiger partial charge in [-0.3, -0.25) is 4.68 Å². The van der Waals surface area contributed by atoms with Gasteiger partial charge in [-0.25, -0.2) is 0 Å². The Morgan fingerprint density at radius 1 is 1.35 bits per heavy atom. The smallest absolute Gasteiger partial charge is 0.0698 e. The standard InChI is InChI=1S/C12H23N3O2/c1-11-10-12(2)15(14-11)6-3-4-13-5-8-17-9-7-16/h10,13,16H,3-9H2,1-2H3. The molecule has 0 saturated carbocycles. The summed E-state index contributed by atoms with van der Waals surface area (Å²) < 4.78 is 7.18. The average molecular weight is 241 g/mol. The van der Waals surface area contributed by atoms with Gasteiger partial charge in [-0.2, -0.15) is 5.10 Å². The molecule has 0 radical (unpaired) electrons. The summed E-state index contributed by atoms with van der Waals surface area (Å²) in [5, 5.41) is 16.2. The first-order valence-corrected chi connectivity index (χ1v) is 6.14. The van der Waals surface area contributed by atoms with E-state index in [2.05, 4.69) is 23.4 Å².